The molecule has 0 spiro atoms. The SMILES string of the molecule is CCOc1ccc(C(=O)NC(C(=O)Nc2cccc(F)c2)C(C)C)cc1. The van der Waals surface area contributed by atoms with Crippen LogP contribution in [0, 0.1) is 11.7 Å². The molecule has 5 nitrogen and oxygen atoms in total. The van der Waals surface area contributed by atoms with E-state index in [1.54, 1.807) is 30.3 Å². The molecule has 0 aliphatic carbocycles. The molecule has 0 radical (unpaired) electrons. The van der Waals surface area contributed by atoms with E-state index in [9.17, 15) is 14.0 Å². The van der Waals surface area contributed by atoms with Gasteiger partial charge in [0.05, 0.1) is 6.61 Å². The first kappa shape index (κ1) is 19.4. The Balaban J connectivity index is 2.06. The van der Waals surface area contributed by atoms with Gasteiger partial charge in [-0.25, -0.2) is 4.39 Å². The first-order valence-corrected chi connectivity index (χ1v) is 8.51. The molecule has 1 atom stereocenters. The molecule has 26 heavy (non-hydrogen) atoms. The molecular formula is C20H23FN2O3. The van der Waals surface area contributed by atoms with Crippen molar-refractivity contribution in [3.63, 3.8) is 0 Å². The molecule has 138 valence electrons. The molecule has 0 aliphatic heterocycles. The monoisotopic (exact) mass is 358 g/mol. The first-order chi connectivity index (χ1) is 12.4. The molecule has 0 saturated carbocycles. The van der Waals surface area contributed by atoms with Gasteiger partial charge in [-0.05, 0) is 55.3 Å². The first-order valence-electron chi connectivity index (χ1n) is 8.51. The summed E-state index contributed by atoms with van der Waals surface area (Å²) in [5.41, 5.74) is 0.772. The molecule has 0 saturated heterocycles. The van der Waals surface area contributed by atoms with Gasteiger partial charge in [0, 0.05) is 11.3 Å². The van der Waals surface area contributed by atoms with E-state index in [1.807, 2.05) is 20.8 Å². The second-order valence-corrected chi connectivity index (χ2v) is 6.15. The number of ether oxygens (including phenoxy) is 1. The summed E-state index contributed by atoms with van der Waals surface area (Å²) in [5, 5.41) is 5.37. The molecule has 0 aliphatic rings. The summed E-state index contributed by atoms with van der Waals surface area (Å²) in [7, 11) is 0. The Morgan fingerprint density at radius 2 is 1.81 bits per heavy atom. The number of rotatable bonds is 7. The minimum Gasteiger partial charge on any atom is -0.494 e. The van der Waals surface area contributed by atoms with Gasteiger partial charge < -0.3 is 15.4 Å². The summed E-state index contributed by atoms with van der Waals surface area (Å²) in [4.78, 5) is 25.0. The Morgan fingerprint density at radius 1 is 1.12 bits per heavy atom. The van der Waals surface area contributed by atoms with Crippen LogP contribution >= 0.6 is 0 Å². The number of nitrogens with one attached hydrogen (secondary N) is 2. The molecule has 2 aromatic carbocycles. The highest BCUT2D eigenvalue weighted by molar-refractivity contribution is 6.01. The zero-order valence-corrected chi connectivity index (χ0v) is 15.1. The van der Waals surface area contributed by atoms with Gasteiger partial charge in [-0.3, -0.25) is 9.59 Å². The summed E-state index contributed by atoms with van der Waals surface area (Å²) in [6.07, 6.45) is 0. The van der Waals surface area contributed by atoms with E-state index in [0.29, 0.717) is 23.6 Å². The Labute approximate surface area is 152 Å². The van der Waals surface area contributed by atoms with Crippen LogP contribution in [0.1, 0.15) is 31.1 Å². The second kappa shape index (κ2) is 8.99. The summed E-state index contributed by atoms with van der Waals surface area (Å²) in [6.45, 7) is 6.08. The van der Waals surface area contributed by atoms with Crippen molar-refractivity contribution in [3.05, 3.63) is 59.9 Å². The van der Waals surface area contributed by atoms with Gasteiger partial charge in [0.15, 0.2) is 0 Å². The molecule has 0 aromatic heterocycles. The molecule has 2 N–H and O–H groups in total. The van der Waals surface area contributed by atoms with Gasteiger partial charge in [0.2, 0.25) is 5.91 Å². The highest BCUT2D eigenvalue weighted by atomic mass is 19.1. The lowest BCUT2D eigenvalue weighted by Gasteiger charge is -2.22. The average molecular weight is 358 g/mol. The number of anilines is 1. The van der Waals surface area contributed by atoms with Gasteiger partial charge in [-0.2, -0.15) is 0 Å². The molecule has 0 bridgehead atoms. The van der Waals surface area contributed by atoms with Gasteiger partial charge in [-0.1, -0.05) is 19.9 Å². The minimum absolute atomic E-state index is 0.143. The number of carbonyl (C=O) groups is 2. The van der Waals surface area contributed by atoms with Crippen LogP contribution in [0.15, 0.2) is 48.5 Å². The highest BCUT2D eigenvalue weighted by Crippen LogP contribution is 2.14. The standard InChI is InChI=1S/C20H23FN2O3/c1-4-26-17-10-8-14(9-11-17)19(24)23-18(13(2)3)20(25)22-16-7-5-6-15(21)12-16/h5-13,18H,4H2,1-3H3,(H,22,25)(H,23,24). The van der Waals surface area contributed by atoms with E-state index in [4.69, 9.17) is 4.74 Å². The Bertz CT molecular complexity index is 760. The van der Waals surface area contributed by atoms with Gasteiger partial charge in [0.25, 0.3) is 5.91 Å². The van der Waals surface area contributed by atoms with Crippen LogP contribution in [-0.2, 0) is 4.79 Å². The van der Waals surface area contributed by atoms with E-state index >= 15 is 0 Å². The third-order valence-electron chi connectivity index (χ3n) is 3.76. The average Bonchev–Trinajstić information content (AvgIpc) is 2.60. The number of hydrogen-bond acceptors (Lipinski definition) is 3. The lowest BCUT2D eigenvalue weighted by Crippen LogP contribution is -2.47. The van der Waals surface area contributed by atoms with Crippen LogP contribution in [0.2, 0.25) is 0 Å². The van der Waals surface area contributed by atoms with Crippen LogP contribution in [0.5, 0.6) is 5.75 Å². The molecule has 2 aromatic rings. The van der Waals surface area contributed by atoms with Crippen molar-refractivity contribution >= 4 is 17.5 Å². The van der Waals surface area contributed by atoms with E-state index in [2.05, 4.69) is 10.6 Å². The number of halogens is 1. The molecule has 2 rings (SSSR count). The third kappa shape index (κ3) is 5.31. The van der Waals surface area contributed by atoms with Crippen LogP contribution in [0.25, 0.3) is 0 Å². The fraction of sp³-hybridized carbons (Fsp3) is 0.300. The van der Waals surface area contributed by atoms with Crippen LogP contribution in [0.4, 0.5) is 10.1 Å². The largest absolute Gasteiger partial charge is 0.494 e. The molecule has 2 amide bonds. The summed E-state index contributed by atoms with van der Waals surface area (Å²) < 4.78 is 18.6. The Hall–Kier alpha value is -2.89. The molecule has 1 unspecified atom stereocenters. The van der Waals surface area contributed by atoms with E-state index in [1.165, 1.54) is 18.2 Å². The zero-order chi connectivity index (χ0) is 19.1. The maximum absolute atomic E-state index is 13.3. The lowest BCUT2D eigenvalue weighted by atomic mass is 10.0. The van der Waals surface area contributed by atoms with Crippen LogP contribution in [0.3, 0.4) is 0 Å². The van der Waals surface area contributed by atoms with Crippen molar-refractivity contribution < 1.29 is 18.7 Å². The molecule has 0 heterocycles. The number of hydrogen-bond donors (Lipinski definition) is 2. The van der Waals surface area contributed by atoms with Crippen LogP contribution < -0.4 is 15.4 Å². The number of carbonyl (C=O) groups excluding carboxylic acids is 2. The molecular weight excluding hydrogens is 335 g/mol. The normalized spacial score (nSPS) is 11.7. The third-order valence-corrected chi connectivity index (χ3v) is 3.76. The smallest absolute Gasteiger partial charge is 0.251 e. The lowest BCUT2D eigenvalue weighted by molar-refractivity contribution is -0.118. The summed E-state index contributed by atoms with van der Waals surface area (Å²) in [5.74, 6) is -0.670. The quantitative estimate of drug-likeness (QED) is 0.794. The van der Waals surface area contributed by atoms with Crippen molar-refractivity contribution in [2.75, 3.05) is 11.9 Å². The maximum Gasteiger partial charge on any atom is 0.251 e. The predicted octanol–water partition coefficient (Wildman–Crippen LogP) is 3.62. The van der Waals surface area contributed by atoms with Crippen LogP contribution in [-0.4, -0.2) is 24.5 Å². The van der Waals surface area contributed by atoms with Gasteiger partial charge in [0.1, 0.15) is 17.6 Å². The Kier molecular flexibility index (Phi) is 6.72. The van der Waals surface area contributed by atoms with Crippen molar-refractivity contribution in [2.45, 2.75) is 26.8 Å². The second-order valence-electron chi connectivity index (χ2n) is 6.15. The number of benzene rings is 2. The topological polar surface area (TPSA) is 67.4 Å². The Morgan fingerprint density at radius 3 is 2.38 bits per heavy atom. The molecule has 0 fully saturated rings. The zero-order valence-electron chi connectivity index (χ0n) is 15.1. The highest BCUT2D eigenvalue weighted by Gasteiger charge is 2.25. The summed E-state index contributed by atoms with van der Waals surface area (Å²) in [6, 6.07) is 11.6. The maximum atomic E-state index is 13.3. The van der Waals surface area contributed by atoms with E-state index in [-0.39, 0.29) is 11.8 Å². The predicted molar refractivity (Wildman–Crippen MR) is 98.7 cm³/mol. The van der Waals surface area contributed by atoms with E-state index in [0.717, 1.165) is 0 Å². The van der Waals surface area contributed by atoms with Crippen molar-refractivity contribution in [3.8, 4) is 5.75 Å². The van der Waals surface area contributed by atoms with Gasteiger partial charge >= 0.3 is 0 Å². The fourth-order valence-electron chi connectivity index (χ4n) is 2.41. The minimum atomic E-state index is -0.752. The van der Waals surface area contributed by atoms with E-state index < -0.39 is 17.8 Å². The van der Waals surface area contributed by atoms with Gasteiger partial charge in [-0.15, -0.1) is 0 Å². The fourth-order valence-corrected chi connectivity index (χ4v) is 2.41. The van der Waals surface area contributed by atoms with Crippen molar-refractivity contribution in [2.24, 2.45) is 5.92 Å². The summed E-state index contributed by atoms with van der Waals surface area (Å²) >= 11 is 0. The van der Waals surface area contributed by atoms with Crippen molar-refractivity contribution in [1.82, 2.24) is 5.32 Å². The van der Waals surface area contributed by atoms with Crippen molar-refractivity contribution in [1.29, 1.82) is 0 Å². The number of amides is 2. The molecule has 6 heteroatoms.